The summed E-state index contributed by atoms with van der Waals surface area (Å²) in [6, 6.07) is 8.58. The van der Waals surface area contributed by atoms with Crippen LogP contribution in [0.15, 0.2) is 24.3 Å². The van der Waals surface area contributed by atoms with Crippen LogP contribution in [0.25, 0.3) is 0 Å². The SMILES string of the molecule is CCNC(c1ccccc1OC)C(C)C. The molecule has 0 saturated carbocycles. The third kappa shape index (κ3) is 2.96. The first kappa shape index (κ1) is 12.1. The van der Waals surface area contributed by atoms with Gasteiger partial charge in [-0.3, -0.25) is 0 Å². The molecule has 0 heterocycles. The van der Waals surface area contributed by atoms with Crippen molar-refractivity contribution in [3.05, 3.63) is 29.8 Å². The number of para-hydroxylation sites is 1. The molecule has 1 atom stereocenters. The Morgan fingerprint density at radius 2 is 1.93 bits per heavy atom. The molecule has 0 aliphatic carbocycles. The van der Waals surface area contributed by atoms with E-state index in [9.17, 15) is 0 Å². The van der Waals surface area contributed by atoms with Gasteiger partial charge in [-0.15, -0.1) is 0 Å². The molecule has 0 aromatic heterocycles. The largest absolute Gasteiger partial charge is 0.496 e. The van der Waals surface area contributed by atoms with Crippen molar-refractivity contribution in [2.45, 2.75) is 26.8 Å². The minimum Gasteiger partial charge on any atom is -0.496 e. The molecule has 2 nitrogen and oxygen atoms in total. The molecule has 0 amide bonds. The van der Waals surface area contributed by atoms with E-state index in [2.05, 4.69) is 38.2 Å². The number of hydrogen-bond acceptors (Lipinski definition) is 2. The van der Waals surface area contributed by atoms with E-state index in [1.54, 1.807) is 7.11 Å². The summed E-state index contributed by atoms with van der Waals surface area (Å²) in [5, 5.41) is 3.49. The van der Waals surface area contributed by atoms with Gasteiger partial charge in [-0.2, -0.15) is 0 Å². The predicted molar refractivity (Wildman–Crippen MR) is 64.2 cm³/mol. The molecule has 2 heteroatoms. The summed E-state index contributed by atoms with van der Waals surface area (Å²) in [7, 11) is 1.72. The number of hydrogen-bond donors (Lipinski definition) is 1. The van der Waals surface area contributed by atoms with Gasteiger partial charge in [0.25, 0.3) is 0 Å². The van der Waals surface area contributed by atoms with Crippen LogP contribution in [0.4, 0.5) is 0 Å². The van der Waals surface area contributed by atoms with E-state index in [1.165, 1.54) is 5.56 Å². The molecule has 84 valence electrons. The molecule has 1 unspecified atom stereocenters. The average Bonchev–Trinajstić information content (AvgIpc) is 2.25. The fraction of sp³-hybridized carbons (Fsp3) is 0.538. The van der Waals surface area contributed by atoms with Crippen LogP contribution < -0.4 is 10.1 Å². The first-order chi connectivity index (χ1) is 7.20. The van der Waals surface area contributed by atoms with E-state index < -0.39 is 0 Å². The summed E-state index contributed by atoms with van der Waals surface area (Å²) < 4.78 is 5.38. The maximum atomic E-state index is 5.38. The lowest BCUT2D eigenvalue weighted by Gasteiger charge is -2.24. The Balaban J connectivity index is 2.98. The zero-order valence-corrected chi connectivity index (χ0v) is 10.1. The van der Waals surface area contributed by atoms with Gasteiger partial charge in [-0.25, -0.2) is 0 Å². The van der Waals surface area contributed by atoms with Gasteiger partial charge in [0.15, 0.2) is 0 Å². The number of methoxy groups -OCH3 is 1. The summed E-state index contributed by atoms with van der Waals surface area (Å²) in [6.45, 7) is 7.55. The molecule has 0 bridgehead atoms. The van der Waals surface area contributed by atoms with Gasteiger partial charge < -0.3 is 10.1 Å². The molecule has 15 heavy (non-hydrogen) atoms. The Kier molecular flexibility index (Phi) is 4.63. The van der Waals surface area contributed by atoms with Crippen LogP contribution >= 0.6 is 0 Å². The summed E-state index contributed by atoms with van der Waals surface area (Å²) >= 11 is 0. The lowest BCUT2D eigenvalue weighted by Crippen LogP contribution is -2.25. The Bertz CT molecular complexity index is 296. The Morgan fingerprint density at radius 1 is 1.27 bits per heavy atom. The zero-order valence-electron chi connectivity index (χ0n) is 10.1. The molecule has 0 aliphatic rings. The number of rotatable bonds is 5. The van der Waals surface area contributed by atoms with Crippen LogP contribution in [0.5, 0.6) is 5.75 Å². The molecule has 0 aliphatic heterocycles. The second-order valence-corrected chi connectivity index (χ2v) is 4.02. The van der Waals surface area contributed by atoms with Crippen molar-refractivity contribution in [3.8, 4) is 5.75 Å². The van der Waals surface area contributed by atoms with Crippen molar-refractivity contribution in [1.82, 2.24) is 5.32 Å². The standard InChI is InChI=1S/C13H21NO/c1-5-14-13(10(2)3)11-8-6-7-9-12(11)15-4/h6-10,13-14H,5H2,1-4H3. The van der Waals surface area contributed by atoms with E-state index in [4.69, 9.17) is 4.74 Å². The van der Waals surface area contributed by atoms with Gasteiger partial charge >= 0.3 is 0 Å². The van der Waals surface area contributed by atoms with Gasteiger partial charge in [-0.1, -0.05) is 39.0 Å². The smallest absolute Gasteiger partial charge is 0.123 e. The maximum absolute atomic E-state index is 5.38. The quantitative estimate of drug-likeness (QED) is 0.801. The minimum absolute atomic E-state index is 0.367. The van der Waals surface area contributed by atoms with Crippen molar-refractivity contribution >= 4 is 0 Å². The second kappa shape index (κ2) is 5.76. The van der Waals surface area contributed by atoms with Crippen molar-refractivity contribution in [2.75, 3.05) is 13.7 Å². The highest BCUT2D eigenvalue weighted by Crippen LogP contribution is 2.29. The van der Waals surface area contributed by atoms with Crippen LogP contribution in [-0.2, 0) is 0 Å². The second-order valence-electron chi connectivity index (χ2n) is 4.02. The van der Waals surface area contributed by atoms with Gasteiger partial charge in [0.05, 0.1) is 7.11 Å². The van der Waals surface area contributed by atoms with E-state index in [0.29, 0.717) is 12.0 Å². The minimum atomic E-state index is 0.367. The molecule has 0 saturated heterocycles. The predicted octanol–water partition coefficient (Wildman–Crippen LogP) is 3.00. The molecule has 0 fully saturated rings. The molecule has 1 aromatic rings. The van der Waals surface area contributed by atoms with Crippen molar-refractivity contribution < 1.29 is 4.74 Å². The molecule has 0 radical (unpaired) electrons. The van der Waals surface area contributed by atoms with Crippen molar-refractivity contribution in [2.24, 2.45) is 5.92 Å². The van der Waals surface area contributed by atoms with E-state index in [1.807, 2.05) is 12.1 Å². The van der Waals surface area contributed by atoms with Crippen LogP contribution in [0.2, 0.25) is 0 Å². The summed E-state index contributed by atoms with van der Waals surface area (Å²) in [6.07, 6.45) is 0. The summed E-state index contributed by atoms with van der Waals surface area (Å²) in [4.78, 5) is 0. The molecule has 1 rings (SSSR count). The lowest BCUT2D eigenvalue weighted by atomic mass is 9.95. The highest BCUT2D eigenvalue weighted by molar-refractivity contribution is 5.36. The van der Waals surface area contributed by atoms with Crippen molar-refractivity contribution in [1.29, 1.82) is 0 Å². The van der Waals surface area contributed by atoms with Crippen LogP contribution in [0.3, 0.4) is 0 Å². The monoisotopic (exact) mass is 207 g/mol. The molecular formula is C13H21NO. The fourth-order valence-corrected chi connectivity index (χ4v) is 1.85. The summed E-state index contributed by atoms with van der Waals surface area (Å²) in [5.41, 5.74) is 1.25. The number of nitrogens with one attached hydrogen (secondary N) is 1. The van der Waals surface area contributed by atoms with E-state index in [0.717, 1.165) is 12.3 Å². The number of benzene rings is 1. The molecule has 1 N–H and O–H groups in total. The first-order valence-corrected chi connectivity index (χ1v) is 5.57. The Hall–Kier alpha value is -1.02. The lowest BCUT2D eigenvalue weighted by molar-refractivity contribution is 0.374. The van der Waals surface area contributed by atoms with Gasteiger partial charge in [-0.05, 0) is 18.5 Å². The van der Waals surface area contributed by atoms with Crippen LogP contribution in [-0.4, -0.2) is 13.7 Å². The van der Waals surface area contributed by atoms with E-state index in [-0.39, 0.29) is 0 Å². The number of ether oxygens (including phenoxy) is 1. The Labute approximate surface area is 92.6 Å². The normalized spacial score (nSPS) is 12.9. The highest BCUT2D eigenvalue weighted by atomic mass is 16.5. The Morgan fingerprint density at radius 3 is 2.47 bits per heavy atom. The van der Waals surface area contributed by atoms with Crippen LogP contribution in [0.1, 0.15) is 32.4 Å². The molecular weight excluding hydrogens is 186 g/mol. The fourth-order valence-electron chi connectivity index (χ4n) is 1.85. The zero-order chi connectivity index (χ0) is 11.3. The van der Waals surface area contributed by atoms with Crippen LogP contribution in [0, 0.1) is 5.92 Å². The van der Waals surface area contributed by atoms with E-state index >= 15 is 0 Å². The van der Waals surface area contributed by atoms with Gasteiger partial charge in [0.2, 0.25) is 0 Å². The van der Waals surface area contributed by atoms with Gasteiger partial charge in [0, 0.05) is 11.6 Å². The molecule has 1 aromatic carbocycles. The molecule has 0 spiro atoms. The average molecular weight is 207 g/mol. The highest BCUT2D eigenvalue weighted by Gasteiger charge is 2.17. The maximum Gasteiger partial charge on any atom is 0.123 e. The topological polar surface area (TPSA) is 21.3 Å². The first-order valence-electron chi connectivity index (χ1n) is 5.57. The third-order valence-electron chi connectivity index (χ3n) is 2.56. The van der Waals surface area contributed by atoms with Crippen molar-refractivity contribution in [3.63, 3.8) is 0 Å². The van der Waals surface area contributed by atoms with Gasteiger partial charge in [0.1, 0.15) is 5.75 Å². The third-order valence-corrected chi connectivity index (χ3v) is 2.56. The summed E-state index contributed by atoms with van der Waals surface area (Å²) in [5.74, 6) is 1.53.